The Balaban J connectivity index is 0.996. The molecular weight excluding hydrogens is 641 g/mol. The summed E-state index contributed by atoms with van der Waals surface area (Å²) in [5.74, 6) is 2.83. The lowest BCUT2D eigenvalue weighted by Crippen LogP contribution is -2.67. The lowest BCUT2D eigenvalue weighted by Gasteiger charge is -2.59. The van der Waals surface area contributed by atoms with Crippen molar-refractivity contribution < 1.29 is 19.2 Å². The van der Waals surface area contributed by atoms with Crippen LogP contribution in [0, 0.1) is 23.7 Å². The molecule has 0 aliphatic carbocycles. The molecular formula is C46H56N4O2+2. The minimum absolute atomic E-state index is 0.178. The first-order valence-corrected chi connectivity index (χ1v) is 20.2. The number of hydrogen-bond acceptors (Lipinski definition) is 4. The minimum atomic E-state index is -0.516. The maximum Gasteiger partial charge on any atom is 0.131 e. The van der Waals surface area contributed by atoms with E-state index in [1.807, 2.05) is 24.5 Å². The van der Waals surface area contributed by atoms with Crippen molar-refractivity contribution in [1.29, 1.82) is 0 Å². The van der Waals surface area contributed by atoms with Crippen LogP contribution in [0.2, 0.25) is 0 Å². The highest BCUT2D eigenvalue weighted by molar-refractivity contribution is 5.83. The fraction of sp³-hybridized carbons (Fsp3) is 0.478. The number of aliphatic hydroxyl groups excluding tert-OH is 2. The molecule has 6 aliphatic rings. The van der Waals surface area contributed by atoms with E-state index in [0.717, 1.165) is 106 Å². The summed E-state index contributed by atoms with van der Waals surface area (Å²) in [7, 11) is 0. The standard InChI is InChI=1S/C46H56N4O2/c1-3-33-29-49(23-19-35(33)25-43(49)45(51)39-17-21-47-41-11-7-5-9-37(39)41)27-31-13-15-32(16-14-31)28-50-24-20-36(34(4-2)30-50)26-44(50)46(52)40-18-22-48-42-12-8-6-10-38(40)42/h5-18,21-22,33-36,43-46,51-52H,3-4,19-20,23-30H2,1-2H3/q+2/t33-,34-,35-,36-,43-,44-,45+,46+,49?,50?/m0/s1. The number of hydrogen-bond donors (Lipinski definition) is 2. The van der Waals surface area contributed by atoms with Crippen LogP contribution < -0.4 is 0 Å². The summed E-state index contributed by atoms with van der Waals surface area (Å²) in [5.41, 5.74) is 6.73. The van der Waals surface area contributed by atoms with Crippen molar-refractivity contribution in [2.75, 3.05) is 26.2 Å². The Hall–Kier alpha value is -3.68. The third-order valence-corrected chi connectivity index (χ3v) is 14.7. The van der Waals surface area contributed by atoms with Gasteiger partial charge < -0.3 is 19.2 Å². The smallest absolute Gasteiger partial charge is 0.131 e. The Kier molecular flexibility index (Phi) is 8.94. The Morgan fingerprint density at radius 3 is 1.44 bits per heavy atom. The van der Waals surface area contributed by atoms with Gasteiger partial charge >= 0.3 is 0 Å². The van der Waals surface area contributed by atoms with E-state index in [4.69, 9.17) is 0 Å². The quantitative estimate of drug-likeness (QED) is 0.144. The predicted molar refractivity (Wildman–Crippen MR) is 208 cm³/mol. The van der Waals surface area contributed by atoms with E-state index in [-0.39, 0.29) is 12.1 Å². The minimum Gasteiger partial charge on any atom is -0.382 e. The average molecular weight is 697 g/mol. The molecule has 2 N–H and O–H groups in total. The first-order valence-electron chi connectivity index (χ1n) is 20.2. The van der Waals surface area contributed by atoms with E-state index >= 15 is 0 Å². The first-order chi connectivity index (χ1) is 25.4. The Bertz CT molecular complexity index is 1890. The number of rotatable bonds is 10. The molecule has 3 aromatic carbocycles. The highest BCUT2D eigenvalue weighted by Gasteiger charge is 2.55. The summed E-state index contributed by atoms with van der Waals surface area (Å²) < 4.78 is 1.94. The summed E-state index contributed by atoms with van der Waals surface area (Å²) in [5, 5.41) is 26.6. The third-order valence-electron chi connectivity index (χ3n) is 14.7. The van der Waals surface area contributed by atoms with E-state index in [1.54, 1.807) is 0 Å². The largest absolute Gasteiger partial charge is 0.382 e. The number of pyridine rings is 2. The molecule has 52 heavy (non-hydrogen) atoms. The number of benzene rings is 3. The fourth-order valence-electron chi connectivity index (χ4n) is 12.0. The number of piperidine rings is 6. The molecule has 2 unspecified atom stereocenters. The van der Waals surface area contributed by atoms with Gasteiger partial charge in [0.2, 0.25) is 0 Å². The van der Waals surface area contributed by atoms with Gasteiger partial charge in [-0.05, 0) is 60.1 Å². The molecule has 0 spiro atoms. The van der Waals surface area contributed by atoms with Crippen LogP contribution in [0.15, 0.2) is 97.3 Å². The molecule has 11 rings (SSSR count). The molecule has 0 amide bonds. The molecule has 6 heteroatoms. The van der Waals surface area contributed by atoms with Crippen LogP contribution in [0.1, 0.15) is 86.8 Å². The van der Waals surface area contributed by atoms with Crippen molar-refractivity contribution >= 4 is 21.8 Å². The average Bonchev–Trinajstić information content (AvgIpc) is 3.20. The highest BCUT2D eigenvalue weighted by Crippen LogP contribution is 2.50. The Morgan fingerprint density at radius 1 is 0.596 bits per heavy atom. The first kappa shape index (κ1) is 34.1. The second-order valence-corrected chi connectivity index (χ2v) is 17.1. The maximum absolute atomic E-state index is 12.2. The Labute approximate surface area is 309 Å². The molecule has 10 atom stereocenters. The van der Waals surface area contributed by atoms with Gasteiger partial charge in [-0.25, -0.2) is 0 Å². The van der Waals surface area contributed by atoms with Gasteiger partial charge in [-0.3, -0.25) is 9.97 Å². The lowest BCUT2D eigenvalue weighted by molar-refractivity contribution is -0.986. The molecule has 5 aromatic rings. The van der Waals surface area contributed by atoms with Gasteiger partial charge in [0.1, 0.15) is 37.4 Å². The number of fused-ring (bicyclic) bond motifs is 8. The van der Waals surface area contributed by atoms with E-state index in [2.05, 4.69) is 96.6 Å². The second kappa shape index (κ2) is 13.6. The van der Waals surface area contributed by atoms with Gasteiger partial charge in [-0.1, -0.05) is 74.5 Å². The van der Waals surface area contributed by atoms with Crippen LogP contribution in [0.5, 0.6) is 0 Å². The molecule has 270 valence electrons. The van der Waals surface area contributed by atoms with E-state index in [0.29, 0.717) is 11.8 Å². The molecule has 6 saturated heterocycles. The summed E-state index contributed by atoms with van der Waals surface area (Å²) in [6.07, 6.45) is 9.83. The lowest BCUT2D eigenvalue weighted by atomic mass is 9.70. The van der Waals surface area contributed by atoms with E-state index in [9.17, 15) is 10.2 Å². The number of aromatic nitrogens is 2. The van der Waals surface area contributed by atoms with Crippen LogP contribution in [0.3, 0.4) is 0 Å². The number of nitrogens with zero attached hydrogens (tertiary/aromatic N) is 4. The van der Waals surface area contributed by atoms with Crippen molar-refractivity contribution in [1.82, 2.24) is 9.97 Å². The zero-order chi connectivity index (χ0) is 35.5. The molecule has 6 nitrogen and oxygen atoms in total. The summed E-state index contributed by atoms with van der Waals surface area (Å²) in [4.78, 5) is 9.22. The molecule has 6 fully saturated rings. The Morgan fingerprint density at radius 2 is 1.02 bits per heavy atom. The van der Waals surface area contributed by atoms with Gasteiger partial charge in [0.15, 0.2) is 0 Å². The van der Waals surface area contributed by atoms with E-state index < -0.39 is 12.2 Å². The fourth-order valence-corrected chi connectivity index (χ4v) is 12.0. The monoisotopic (exact) mass is 696 g/mol. The molecule has 0 radical (unpaired) electrons. The van der Waals surface area contributed by atoms with Crippen LogP contribution in [0.4, 0.5) is 0 Å². The molecule has 6 aliphatic heterocycles. The maximum atomic E-state index is 12.2. The number of para-hydroxylation sites is 2. The zero-order valence-electron chi connectivity index (χ0n) is 31.0. The summed E-state index contributed by atoms with van der Waals surface area (Å²) in [6.45, 7) is 11.2. The van der Waals surface area contributed by atoms with Gasteiger partial charge in [-0.2, -0.15) is 0 Å². The van der Waals surface area contributed by atoms with Gasteiger partial charge in [-0.15, -0.1) is 0 Å². The van der Waals surface area contributed by atoms with Crippen molar-refractivity contribution in [3.63, 3.8) is 0 Å². The van der Waals surface area contributed by atoms with Crippen molar-refractivity contribution in [2.24, 2.45) is 23.7 Å². The van der Waals surface area contributed by atoms with Crippen LogP contribution >= 0.6 is 0 Å². The van der Waals surface area contributed by atoms with Crippen LogP contribution in [0.25, 0.3) is 21.8 Å². The molecule has 8 heterocycles. The predicted octanol–water partition coefficient (Wildman–Crippen LogP) is 8.52. The van der Waals surface area contributed by atoms with Gasteiger partial charge in [0.25, 0.3) is 0 Å². The molecule has 2 aromatic heterocycles. The van der Waals surface area contributed by atoms with Crippen LogP contribution in [-0.4, -0.2) is 67.4 Å². The zero-order valence-corrected chi connectivity index (χ0v) is 31.0. The topological polar surface area (TPSA) is 66.2 Å². The highest BCUT2D eigenvalue weighted by atomic mass is 16.3. The van der Waals surface area contributed by atoms with Gasteiger partial charge in [0.05, 0.1) is 37.2 Å². The normalized spacial score (nSPS) is 32.3. The third kappa shape index (κ3) is 5.78. The second-order valence-electron chi connectivity index (χ2n) is 17.1. The number of aliphatic hydroxyl groups is 2. The van der Waals surface area contributed by atoms with Crippen molar-refractivity contribution in [2.45, 2.75) is 89.8 Å². The summed E-state index contributed by atoms with van der Waals surface area (Å²) in [6, 6.07) is 30.6. The van der Waals surface area contributed by atoms with Crippen LogP contribution in [-0.2, 0) is 13.1 Å². The summed E-state index contributed by atoms with van der Waals surface area (Å²) >= 11 is 0. The molecule has 0 saturated carbocycles. The number of quaternary nitrogens is 2. The molecule has 4 bridgehead atoms. The van der Waals surface area contributed by atoms with Crippen molar-refractivity contribution in [3.8, 4) is 0 Å². The van der Waals surface area contributed by atoms with Gasteiger partial charge in [0, 0.05) is 71.8 Å². The van der Waals surface area contributed by atoms with Crippen molar-refractivity contribution in [3.05, 3.63) is 120 Å². The van der Waals surface area contributed by atoms with E-state index in [1.165, 1.54) is 36.8 Å². The SMILES string of the molecule is CC[C@H]1C[N+]2(Cc3ccc(C[N+]45CC[C@@H](C[C@H]4[C@H](O)c4ccnc6ccccc46)[C@@H](CC)C5)cc3)CC[C@H]1C[C@H]2[C@H](O)c1ccnc2ccccc12.